The molecule has 1 aromatic rings. The van der Waals surface area contributed by atoms with Gasteiger partial charge in [-0.3, -0.25) is 0 Å². The Morgan fingerprint density at radius 2 is 2.07 bits per heavy atom. The smallest absolute Gasteiger partial charge is 0.238 e. The van der Waals surface area contributed by atoms with Crippen molar-refractivity contribution in [2.45, 2.75) is 33.2 Å². The van der Waals surface area contributed by atoms with E-state index in [-0.39, 0.29) is 0 Å². The van der Waals surface area contributed by atoms with Crippen LogP contribution in [0.5, 0.6) is 0 Å². The first kappa shape index (κ1) is 12.3. The fourth-order valence-electron chi connectivity index (χ4n) is 1.51. The topological polar surface area (TPSA) is 49.7 Å². The van der Waals surface area contributed by atoms with Crippen LogP contribution < -0.4 is 0 Å². The van der Waals surface area contributed by atoms with Crippen LogP contribution in [0.1, 0.15) is 26.7 Å². The summed E-state index contributed by atoms with van der Waals surface area (Å²) in [5, 5.41) is 10.1. The molecule has 6 heteroatoms. The highest BCUT2D eigenvalue weighted by Crippen LogP contribution is 1.97. The van der Waals surface area contributed by atoms with Gasteiger partial charge in [-0.25, -0.2) is 4.68 Å². The molecule has 0 saturated heterocycles. The zero-order valence-corrected chi connectivity index (χ0v) is 10.3. The highest BCUT2D eigenvalue weighted by atomic mass is 32.1. The second-order valence-electron chi connectivity index (χ2n) is 3.47. The third kappa shape index (κ3) is 4.09. The first-order valence-electron chi connectivity index (χ1n) is 5.48. The molecule has 0 radical (unpaired) electrons. The maximum atomic E-state index is 4.98. The van der Waals surface area contributed by atoms with E-state index >= 15 is 0 Å². The molecule has 0 saturated carbocycles. The van der Waals surface area contributed by atoms with E-state index in [0.717, 1.165) is 32.6 Å². The van der Waals surface area contributed by atoms with Gasteiger partial charge in [0, 0.05) is 6.54 Å². The van der Waals surface area contributed by atoms with Gasteiger partial charge in [0.05, 0.1) is 0 Å². The fraction of sp³-hybridized carbons (Fsp3) is 0.889. The molecule has 86 valence electrons. The quantitative estimate of drug-likeness (QED) is 0.568. The lowest BCUT2D eigenvalue weighted by molar-refractivity contribution is 0.293. The molecule has 0 bridgehead atoms. The van der Waals surface area contributed by atoms with Crippen molar-refractivity contribution in [2.24, 2.45) is 0 Å². The van der Waals surface area contributed by atoms with Crippen LogP contribution >= 0.6 is 12.2 Å². The minimum absolute atomic E-state index is 0.540. The summed E-state index contributed by atoms with van der Waals surface area (Å²) in [5.74, 6) is 0. The number of aromatic nitrogens is 4. The molecule has 15 heavy (non-hydrogen) atoms. The van der Waals surface area contributed by atoms with Crippen LogP contribution in [0.3, 0.4) is 0 Å². The number of nitrogens with zero attached hydrogens (tertiary/aromatic N) is 4. The number of hydrogen-bond donors (Lipinski definition) is 1. The molecule has 0 aromatic carbocycles. The molecule has 1 N–H and O–H groups in total. The van der Waals surface area contributed by atoms with Gasteiger partial charge in [0.25, 0.3) is 0 Å². The number of H-pyrrole nitrogens is 1. The minimum atomic E-state index is 0.540. The van der Waals surface area contributed by atoms with Crippen LogP contribution in [0.4, 0.5) is 0 Å². The predicted octanol–water partition coefficient (Wildman–Crippen LogP) is 1.46. The maximum Gasteiger partial charge on any atom is 0.238 e. The number of aromatic amines is 1. The van der Waals surface area contributed by atoms with Crippen molar-refractivity contribution >= 4 is 12.2 Å². The van der Waals surface area contributed by atoms with Gasteiger partial charge < -0.3 is 4.90 Å². The molecular weight excluding hydrogens is 210 g/mol. The van der Waals surface area contributed by atoms with E-state index in [1.165, 1.54) is 6.42 Å². The van der Waals surface area contributed by atoms with Crippen LogP contribution in [0.2, 0.25) is 0 Å². The lowest BCUT2D eigenvalue weighted by atomic mass is 10.3. The molecule has 1 rings (SSSR count). The standard InChI is InChI=1S/C9H19N5S/c1-3-13(4-2)7-5-6-8-14-9(15)10-11-12-14/h3-8H2,1-2H3,(H,10,12,15). The van der Waals surface area contributed by atoms with Gasteiger partial charge in [-0.2, -0.15) is 5.21 Å². The molecule has 0 fully saturated rings. The Labute approximate surface area is 95.5 Å². The molecule has 5 nitrogen and oxygen atoms in total. The van der Waals surface area contributed by atoms with Crippen LogP contribution in [0, 0.1) is 4.77 Å². The van der Waals surface area contributed by atoms with E-state index in [1.54, 1.807) is 4.68 Å². The van der Waals surface area contributed by atoms with Crippen molar-refractivity contribution in [1.29, 1.82) is 0 Å². The summed E-state index contributed by atoms with van der Waals surface area (Å²) in [6, 6.07) is 0. The van der Waals surface area contributed by atoms with Gasteiger partial charge in [0.1, 0.15) is 0 Å². The number of unbranched alkanes of at least 4 members (excludes halogenated alkanes) is 1. The first-order valence-corrected chi connectivity index (χ1v) is 5.89. The second kappa shape index (κ2) is 6.68. The van der Waals surface area contributed by atoms with Gasteiger partial charge in [0.2, 0.25) is 4.77 Å². The van der Waals surface area contributed by atoms with Crippen LogP contribution in [-0.2, 0) is 6.54 Å². The summed E-state index contributed by atoms with van der Waals surface area (Å²) in [5.41, 5.74) is 0. The van der Waals surface area contributed by atoms with Gasteiger partial charge in [-0.15, -0.1) is 0 Å². The summed E-state index contributed by atoms with van der Waals surface area (Å²) in [7, 11) is 0. The number of rotatable bonds is 7. The zero-order valence-electron chi connectivity index (χ0n) is 9.44. The SMILES string of the molecule is CCN(CC)CCCCn1[nH]nnc1=S. The van der Waals surface area contributed by atoms with Gasteiger partial charge in [-0.1, -0.05) is 24.2 Å². The third-order valence-corrected chi connectivity index (χ3v) is 2.83. The maximum absolute atomic E-state index is 4.98. The number of tetrazole rings is 1. The first-order chi connectivity index (χ1) is 7.27. The Balaban J connectivity index is 2.17. The monoisotopic (exact) mass is 229 g/mol. The second-order valence-corrected chi connectivity index (χ2v) is 3.83. The highest BCUT2D eigenvalue weighted by Gasteiger charge is 1.99. The molecule has 1 aromatic heterocycles. The van der Waals surface area contributed by atoms with Gasteiger partial charge in [-0.05, 0) is 44.7 Å². The molecule has 0 aliphatic carbocycles. The van der Waals surface area contributed by atoms with E-state index in [9.17, 15) is 0 Å². The molecular formula is C9H19N5S. The van der Waals surface area contributed by atoms with Crippen molar-refractivity contribution < 1.29 is 0 Å². The highest BCUT2D eigenvalue weighted by molar-refractivity contribution is 7.71. The summed E-state index contributed by atoms with van der Waals surface area (Å²) in [6.45, 7) is 8.68. The molecule has 0 spiro atoms. The Morgan fingerprint density at radius 1 is 1.33 bits per heavy atom. The molecule has 1 heterocycles. The van der Waals surface area contributed by atoms with E-state index < -0.39 is 0 Å². The zero-order chi connectivity index (χ0) is 11.1. The molecule has 0 amide bonds. The fourth-order valence-corrected chi connectivity index (χ4v) is 1.68. The van der Waals surface area contributed by atoms with E-state index in [2.05, 4.69) is 34.3 Å². The molecule has 0 unspecified atom stereocenters. The third-order valence-electron chi connectivity index (χ3n) is 2.53. The van der Waals surface area contributed by atoms with Crippen LogP contribution in [0.25, 0.3) is 0 Å². The minimum Gasteiger partial charge on any atom is -0.304 e. The van der Waals surface area contributed by atoms with Gasteiger partial charge in [0.15, 0.2) is 0 Å². The lowest BCUT2D eigenvalue weighted by Crippen LogP contribution is -2.24. The van der Waals surface area contributed by atoms with Crippen molar-refractivity contribution in [2.75, 3.05) is 19.6 Å². The van der Waals surface area contributed by atoms with E-state index in [1.807, 2.05) is 0 Å². The lowest BCUT2D eigenvalue weighted by Gasteiger charge is -2.17. The van der Waals surface area contributed by atoms with E-state index in [0.29, 0.717) is 4.77 Å². The summed E-state index contributed by atoms with van der Waals surface area (Å²) >= 11 is 4.98. The summed E-state index contributed by atoms with van der Waals surface area (Å²) in [6.07, 6.45) is 2.29. The van der Waals surface area contributed by atoms with Crippen LogP contribution in [-0.4, -0.2) is 44.7 Å². The molecule has 0 aliphatic heterocycles. The summed E-state index contributed by atoms with van der Waals surface area (Å²) in [4.78, 5) is 2.42. The number of hydrogen-bond acceptors (Lipinski definition) is 4. The van der Waals surface area contributed by atoms with Crippen molar-refractivity contribution in [1.82, 2.24) is 25.1 Å². The number of nitrogens with one attached hydrogen (secondary N) is 1. The van der Waals surface area contributed by atoms with Crippen molar-refractivity contribution in [3.05, 3.63) is 4.77 Å². The average molecular weight is 229 g/mol. The Morgan fingerprint density at radius 3 is 2.60 bits per heavy atom. The Hall–Kier alpha value is -0.750. The number of aryl methyl sites for hydroxylation is 1. The average Bonchev–Trinajstić information content (AvgIpc) is 2.65. The predicted molar refractivity (Wildman–Crippen MR) is 62.2 cm³/mol. The van der Waals surface area contributed by atoms with Crippen LogP contribution in [0.15, 0.2) is 0 Å². The Kier molecular flexibility index (Phi) is 5.49. The normalized spacial score (nSPS) is 11.1. The summed E-state index contributed by atoms with van der Waals surface area (Å²) < 4.78 is 2.34. The van der Waals surface area contributed by atoms with Crippen molar-refractivity contribution in [3.8, 4) is 0 Å². The Bertz CT molecular complexity index is 314. The largest absolute Gasteiger partial charge is 0.304 e. The van der Waals surface area contributed by atoms with E-state index in [4.69, 9.17) is 12.2 Å². The molecule has 0 aliphatic rings. The van der Waals surface area contributed by atoms with Gasteiger partial charge >= 0.3 is 0 Å². The van der Waals surface area contributed by atoms with Crippen molar-refractivity contribution in [3.63, 3.8) is 0 Å². The molecule has 0 atom stereocenters.